The van der Waals surface area contributed by atoms with Gasteiger partial charge in [0.05, 0.1) is 17.1 Å². The van der Waals surface area contributed by atoms with E-state index in [0.29, 0.717) is 34.6 Å². The van der Waals surface area contributed by atoms with E-state index in [-0.39, 0.29) is 11.9 Å². The van der Waals surface area contributed by atoms with E-state index in [1.807, 2.05) is 43.5 Å². The summed E-state index contributed by atoms with van der Waals surface area (Å²) in [5.74, 6) is 1.54. The molecule has 7 heteroatoms. The molecule has 6 rings (SSSR count). The molecule has 31 heavy (non-hydrogen) atoms. The van der Waals surface area contributed by atoms with Crippen LogP contribution in [0.1, 0.15) is 31.9 Å². The number of fused-ring (bicyclic) bond motifs is 5. The van der Waals surface area contributed by atoms with Gasteiger partial charge in [0.15, 0.2) is 0 Å². The van der Waals surface area contributed by atoms with Gasteiger partial charge in [-0.15, -0.1) is 10.2 Å². The molecule has 1 aliphatic carbocycles. The first-order chi connectivity index (χ1) is 14.9. The highest BCUT2D eigenvalue weighted by atomic mass is 16.5. The number of phenols is 1. The van der Waals surface area contributed by atoms with Crippen molar-refractivity contribution in [3.63, 3.8) is 0 Å². The molecule has 4 heterocycles. The molecule has 1 aromatic carbocycles. The molecule has 2 saturated heterocycles. The Labute approximate surface area is 181 Å². The molecule has 7 nitrogen and oxygen atoms in total. The Morgan fingerprint density at radius 3 is 2.68 bits per heavy atom. The van der Waals surface area contributed by atoms with Crippen LogP contribution in [0.4, 0.5) is 0 Å². The fourth-order valence-electron chi connectivity index (χ4n) is 5.97. The highest BCUT2D eigenvalue weighted by molar-refractivity contribution is 5.68. The fraction of sp³-hybridized carbons (Fsp3) is 0.458. The topological polar surface area (TPSA) is 76.3 Å². The summed E-state index contributed by atoms with van der Waals surface area (Å²) in [6.07, 6.45) is 5.55. The minimum atomic E-state index is 0.146. The number of ether oxygens (including phenoxy) is 1. The molecule has 3 aliphatic rings. The molecule has 5 atom stereocenters. The Balaban J connectivity index is 1.17. The van der Waals surface area contributed by atoms with Gasteiger partial charge in [-0.25, -0.2) is 4.68 Å². The standard InChI is InChI=1S/C24H27N5O2/c1-14-8-9-29(27-14)15-4-5-17(21(30)10-15)19-6-7-23(26-25-19)31-16-11-20-18-13-24(18,2)22(12-16)28(20)3/h4-10,16,18,20,22,30H,11-13H2,1-3H3. The Morgan fingerprint density at radius 1 is 1.13 bits per heavy atom. The van der Waals surface area contributed by atoms with Gasteiger partial charge >= 0.3 is 0 Å². The van der Waals surface area contributed by atoms with Crippen molar-refractivity contribution in [1.29, 1.82) is 0 Å². The Bertz CT molecular complexity index is 1140. The number of aromatic nitrogens is 4. The summed E-state index contributed by atoms with van der Waals surface area (Å²) >= 11 is 0. The van der Waals surface area contributed by atoms with Crippen molar-refractivity contribution < 1.29 is 9.84 Å². The Hall–Kier alpha value is -2.93. The van der Waals surface area contributed by atoms with Gasteiger partial charge in [-0.1, -0.05) is 6.92 Å². The Morgan fingerprint density at radius 2 is 2.00 bits per heavy atom. The zero-order valence-electron chi connectivity index (χ0n) is 18.1. The second-order valence-electron chi connectivity index (χ2n) is 9.64. The molecule has 3 aromatic rings. The molecule has 0 spiro atoms. The molecular weight excluding hydrogens is 390 g/mol. The van der Waals surface area contributed by atoms with Gasteiger partial charge in [0.1, 0.15) is 11.9 Å². The third-order valence-electron chi connectivity index (χ3n) is 7.75. The summed E-state index contributed by atoms with van der Waals surface area (Å²) in [7, 11) is 2.27. The maximum Gasteiger partial charge on any atom is 0.233 e. The van der Waals surface area contributed by atoms with Crippen molar-refractivity contribution in [3.8, 4) is 28.6 Å². The van der Waals surface area contributed by atoms with Crippen LogP contribution in [0.2, 0.25) is 0 Å². The molecular formula is C24H27N5O2. The quantitative estimate of drug-likeness (QED) is 0.699. The van der Waals surface area contributed by atoms with Gasteiger partial charge in [0, 0.05) is 48.8 Å². The maximum atomic E-state index is 10.5. The number of hydrogen-bond acceptors (Lipinski definition) is 6. The number of aryl methyl sites for hydroxylation is 1. The number of nitrogens with zero attached hydrogens (tertiary/aromatic N) is 5. The van der Waals surface area contributed by atoms with Gasteiger partial charge in [0.25, 0.3) is 0 Å². The van der Waals surface area contributed by atoms with E-state index < -0.39 is 0 Å². The summed E-state index contributed by atoms with van der Waals surface area (Å²) in [5.41, 5.74) is 3.47. The predicted octanol–water partition coefficient (Wildman–Crippen LogP) is 3.59. The average molecular weight is 418 g/mol. The van der Waals surface area contributed by atoms with E-state index >= 15 is 0 Å². The maximum absolute atomic E-state index is 10.5. The summed E-state index contributed by atoms with van der Waals surface area (Å²) in [4.78, 5) is 2.57. The number of aromatic hydroxyl groups is 1. The van der Waals surface area contributed by atoms with Crippen LogP contribution in [-0.4, -0.2) is 55.2 Å². The van der Waals surface area contributed by atoms with Crippen LogP contribution in [0.3, 0.4) is 0 Å². The number of benzene rings is 1. The molecule has 2 bridgehead atoms. The number of phenolic OH excluding ortho intramolecular Hbond substituents is 1. The fourth-order valence-corrected chi connectivity index (χ4v) is 5.97. The highest BCUT2D eigenvalue weighted by Gasteiger charge is 2.68. The number of rotatable bonds is 4. The lowest BCUT2D eigenvalue weighted by atomic mass is 9.91. The van der Waals surface area contributed by atoms with Crippen LogP contribution in [0.15, 0.2) is 42.6 Å². The van der Waals surface area contributed by atoms with Crippen LogP contribution in [-0.2, 0) is 0 Å². The van der Waals surface area contributed by atoms with E-state index in [1.165, 1.54) is 6.42 Å². The highest BCUT2D eigenvalue weighted by Crippen LogP contribution is 2.67. The van der Waals surface area contributed by atoms with Crippen molar-refractivity contribution >= 4 is 0 Å². The second kappa shape index (κ2) is 6.53. The molecule has 0 radical (unpaired) electrons. The lowest BCUT2D eigenvalue weighted by molar-refractivity contribution is 0.0352. The first-order valence-corrected chi connectivity index (χ1v) is 11.0. The van der Waals surface area contributed by atoms with Gasteiger partial charge in [-0.05, 0) is 56.0 Å². The minimum absolute atomic E-state index is 0.146. The van der Waals surface area contributed by atoms with Gasteiger partial charge < -0.3 is 9.84 Å². The largest absolute Gasteiger partial charge is 0.507 e. The summed E-state index contributed by atoms with van der Waals surface area (Å²) < 4.78 is 7.96. The van der Waals surface area contributed by atoms with Crippen molar-refractivity contribution in [2.45, 2.75) is 51.3 Å². The summed E-state index contributed by atoms with van der Waals surface area (Å²) in [6.45, 7) is 4.37. The summed E-state index contributed by atoms with van der Waals surface area (Å²) in [5, 5.41) is 23.5. The smallest absolute Gasteiger partial charge is 0.233 e. The van der Waals surface area contributed by atoms with Crippen molar-refractivity contribution in [2.75, 3.05) is 7.05 Å². The average Bonchev–Trinajstić information content (AvgIpc) is 3.21. The van der Waals surface area contributed by atoms with Crippen molar-refractivity contribution in [3.05, 3.63) is 48.3 Å². The first-order valence-electron chi connectivity index (χ1n) is 11.0. The van der Waals surface area contributed by atoms with E-state index in [4.69, 9.17) is 4.74 Å². The minimum Gasteiger partial charge on any atom is -0.507 e. The third kappa shape index (κ3) is 2.94. The van der Waals surface area contributed by atoms with Crippen LogP contribution < -0.4 is 4.74 Å². The zero-order valence-corrected chi connectivity index (χ0v) is 18.1. The van der Waals surface area contributed by atoms with Gasteiger partial charge in [-0.3, -0.25) is 4.90 Å². The molecule has 0 amide bonds. The third-order valence-corrected chi connectivity index (χ3v) is 7.75. The monoisotopic (exact) mass is 417 g/mol. The van der Waals surface area contributed by atoms with E-state index in [1.54, 1.807) is 10.7 Å². The molecule has 2 aliphatic heterocycles. The number of hydrogen-bond donors (Lipinski definition) is 1. The molecule has 160 valence electrons. The van der Waals surface area contributed by atoms with Crippen molar-refractivity contribution in [1.82, 2.24) is 24.9 Å². The summed E-state index contributed by atoms with van der Waals surface area (Å²) in [6, 6.07) is 12.3. The molecule has 3 fully saturated rings. The predicted molar refractivity (Wildman–Crippen MR) is 116 cm³/mol. The Kier molecular flexibility index (Phi) is 3.96. The van der Waals surface area contributed by atoms with Crippen LogP contribution in [0.5, 0.6) is 11.6 Å². The van der Waals surface area contributed by atoms with E-state index in [2.05, 4.69) is 34.2 Å². The van der Waals surface area contributed by atoms with E-state index in [0.717, 1.165) is 30.1 Å². The molecule has 2 aromatic heterocycles. The lowest BCUT2D eigenvalue weighted by Gasteiger charge is -2.40. The molecule has 1 saturated carbocycles. The normalized spacial score (nSPS) is 31.5. The van der Waals surface area contributed by atoms with Gasteiger partial charge in [0.2, 0.25) is 5.88 Å². The van der Waals surface area contributed by atoms with Gasteiger partial charge in [-0.2, -0.15) is 5.10 Å². The van der Waals surface area contributed by atoms with Crippen LogP contribution in [0.25, 0.3) is 16.9 Å². The molecule has 5 unspecified atom stereocenters. The lowest BCUT2D eigenvalue weighted by Crippen LogP contribution is -2.48. The van der Waals surface area contributed by atoms with E-state index in [9.17, 15) is 5.11 Å². The molecule has 1 N–H and O–H groups in total. The zero-order chi connectivity index (χ0) is 21.3. The second-order valence-corrected chi connectivity index (χ2v) is 9.64. The van der Waals surface area contributed by atoms with Crippen LogP contribution >= 0.6 is 0 Å². The first kappa shape index (κ1) is 18.8. The van der Waals surface area contributed by atoms with Crippen LogP contribution in [0, 0.1) is 18.3 Å². The SMILES string of the molecule is Cc1ccn(-c2ccc(-c3ccc(OC4CC5C6CC6(C)C(C4)N5C)nn3)c(O)c2)n1. The van der Waals surface area contributed by atoms with Crippen molar-refractivity contribution in [2.24, 2.45) is 11.3 Å². The number of piperidine rings is 2.